The van der Waals surface area contributed by atoms with Crippen LogP contribution in [0.15, 0.2) is 67.1 Å². The fraction of sp³-hybridized carbons (Fsp3) is 0.250. The highest BCUT2D eigenvalue weighted by Crippen LogP contribution is 2.34. The molecule has 1 amide bonds. The zero-order valence-electron chi connectivity index (χ0n) is 24.7. The zero-order valence-corrected chi connectivity index (χ0v) is 24.7. The average Bonchev–Trinajstić information content (AvgIpc) is 3.67. The quantitative estimate of drug-likeness (QED) is 0.267. The monoisotopic (exact) mass is 625 g/mol. The van der Waals surface area contributed by atoms with Crippen LogP contribution in [0.25, 0.3) is 28.0 Å². The van der Waals surface area contributed by atoms with E-state index in [4.69, 9.17) is 4.98 Å². The third kappa shape index (κ3) is 5.21. The predicted octanol–water partition coefficient (Wildman–Crippen LogP) is 4.19. The van der Waals surface area contributed by atoms with Gasteiger partial charge in [0.15, 0.2) is 11.5 Å². The van der Waals surface area contributed by atoms with Gasteiger partial charge in [-0.15, -0.1) is 0 Å². The van der Waals surface area contributed by atoms with E-state index in [0.29, 0.717) is 72.1 Å². The molecule has 234 valence electrons. The van der Waals surface area contributed by atoms with Gasteiger partial charge in [0.2, 0.25) is 5.91 Å². The number of rotatable bonds is 3. The Morgan fingerprint density at radius 2 is 1.93 bits per heavy atom. The molecule has 7 rings (SSSR count). The van der Waals surface area contributed by atoms with Crippen LogP contribution < -0.4 is 15.5 Å². The highest BCUT2D eigenvalue weighted by Gasteiger charge is 2.40. The van der Waals surface area contributed by atoms with Crippen LogP contribution in [0.5, 0.6) is 0 Å². The highest BCUT2D eigenvalue weighted by atomic mass is 19.1. The van der Waals surface area contributed by atoms with Gasteiger partial charge in [-0.1, -0.05) is 18.2 Å². The Kier molecular flexibility index (Phi) is 7.39. The second-order valence-corrected chi connectivity index (χ2v) is 11.3. The number of hydrogen-bond acceptors (Lipinski definition) is 9. The van der Waals surface area contributed by atoms with E-state index < -0.39 is 23.6 Å². The van der Waals surface area contributed by atoms with Gasteiger partial charge in [0.05, 0.1) is 28.5 Å². The van der Waals surface area contributed by atoms with Crippen LogP contribution in [0, 0.1) is 11.6 Å². The van der Waals surface area contributed by atoms with Crippen LogP contribution in [0.2, 0.25) is 0 Å². The molecule has 0 saturated carbocycles. The molecule has 0 unspecified atom stereocenters. The minimum Gasteiger partial charge on any atom is -0.478 e. The molecule has 12 nitrogen and oxygen atoms in total. The van der Waals surface area contributed by atoms with Crippen LogP contribution in [0.3, 0.4) is 0 Å². The summed E-state index contributed by atoms with van der Waals surface area (Å²) in [6.45, 7) is 1.24. The lowest BCUT2D eigenvalue weighted by Crippen LogP contribution is -2.45. The molecule has 0 radical (unpaired) electrons. The zero-order chi connectivity index (χ0) is 31.9. The molecule has 3 N–H and O–H groups in total. The van der Waals surface area contributed by atoms with Gasteiger partial charge >= 0.3 is 5.97 Å². The van der Waals surface area contributed by atoms with Crippen molar-refractivity contribution in [1.82, 2.24) is 29.6 Å². The maximum atomic E-state index is 14.7. The smallest absolute Gasteiger partial charge is 0.337 e. The molecule has 46 heavy (non-hydrogen) atoms. The minimum atomic E-state index is -1.05. The van der Waals surface area contributed by atoms with Gasteiger partial charge in [-0.05, 0) is 43.2 Å². The van der Waals surface area contributed by atoms with Gasteiger partial charge in [0.1, 0.15) is 35.5 Å². The summed E-state index contributed by atoms with van der Waals surface area (Å²) >= 11 is 0. The number of carbonyl (C=O) groups is 2. The van der Waals surface area contributed by atoms with E-state index in [-0.39, 0.29) is 23.2 Å². The standard InChI is InChI=1S/C32H29F2N9O3/c1-41-12-4-11-35-28-20(5-2-6-21(28)32(45)46)24-7-3-8-27(40-24)39-19-14-26(31(41)44)42(16-19)29-22-15-38-43(30(22)37-17-36-29)25-10-9-18(33)13-23(25)34/h2-3,5-10,13,15,17,19,26,35H,4,11-12,14,16H2,1H3,(H,39,40)(H,45,46)/t19-,26-/m0/s1. The lowest BCUT2D eigenvalue weighted by molar-refractivity contribution is -0.131. The van der Waals surface area contributed by atoms with Crippen molar-refractivity contribution < 1.29 is 23.5 Å². The Bertz CT molecular complexity index is 1980. The third-order valence-corrected chi connectivity index (χ3v) is 8.36. The van der Waals surface area contributed by atoms with Gasteiger partial charge in [0, 0.05) is 44.4 Å². The van der Waals surface area contributed by atoms with Crippen LogP contribution in [-0.4, -0.2) is 85.4 Å². The van der Waals surface area contributed by atoms with Crippen LogP contribution in [0.1, 0.15) is 23.2 Å². The Morgan fingerprint density at radius 3 is 2.76 bits per heavy atom. The predicted molar refractivity (Wildman–Crippen MR) is 167 cm³/mol. The van der Waals surface area contributed by atoms with Crippen LogP contribution >= 0.6 is 0 Å². The number of anilines is 3. The number of carboxylic acid groups (broad SMARTS) is 1. The number of amides is 1. The number of aromatic nitrogens is 5. The van der Waals surface area contributed by atoms with E-state index in [0.717, 1.165) is 12.1 Å². The van der Waals surface area contributed by atoms with Gasteiger partial charge in [-0.2, -0.15) is 5.10 Å². The first kappa shape index (κ1) is 29.1. The summed E-state index contributed by atoms with van der Waals surface area (Å²) in [6, 6.07) is 13.0. The summed E-state index contributed by atoms with van der Waals surface area (Å²) in [5, 5.41) is 21.5. The molecule has 2 atom stereocenters. The Hall–Kier alpha value is -5.66. The van der Waals surface area contributed by atoms with Gasteiger partial charge in [0.25, 0.3) is 0 Å². The molecule has 1 saturated heterocycles. The first-order valence-electron chi connectivity index (χ1n) is 14.8. The number of aromatic carboxylic acids is 1. The number of para-hydroxylation sites is 1. The van der Waals surface area contributed by atoms with Gasteiger partial charge < -0.3 is 25.5 Å². The molecule has 4 bridgehead atoms. The van der Waals surface area contributed by atoms with E-state index in [9.17, 15) is 23.5 Å². The summed E-state index contributed by atoms with van der Waals surface area (Å²) in [5.74, 6) is -1.62. The fourth-order valence-corrected chi connectivity index (χ4v) is 6.20. The number of carboxylic acids is 1. The van der Waals surface area contributed by atoms with E-state index in [1.807, 2.05) is 29.2 Å². The molecule has 5 aromatic rings. The summed E-state index contributed by atoms with van der Waals surface area (Å²) < 4.78 is 29.6. The van der Waals surface area contributed by atoms with Gasteiger partial charge in [-0.3, -0.25) is 4.79 Å². The van der Waals surface area contributed by atoms with Crippen molar-refractivity contribution in [3.63, 3.8) is 0 Å². The van der Waals surface area contributed by atoms with Crippen molar-refractivity contribution in [2.45, 2.75) is 24.9 Å². The van der Waals surface area contributed by atoms with E-state index in [2.05, 4.69) is 25.7 Å². The molecule has 14 heteroatoms. The normalized spacial score (nSPS) is 18.4. The number of nitrogens with one attached hydrogen (secondary N) is 2. The number of halogens is 2. The van der Waals surface area contributed by atoms with Crippen molar-refractivity contribution in [2.75, 3.05) is 42.2 Å². The van der Waals surface area contributed by atoms with Crippen LogP contribution in [0.4, 0.5) is 26.1 Å². The number of carbonyl (C=O) groups excluding carboxylic acids is 1. The second-order valence-electron chi connectivity index (χ2n) is 11.3. The first-order chi connectivity index (χ1) is 22.3. The molecule has 0 spiro atoms. The molecule has 3 aromatic heterocycles. The summed E-state index contributed by atoms with van der Waals surface area (Å²) in [7, 11) is 1.74. The fourth-order valence-electron chi connectivity index (χ4n) is 6.20. The number of likely N-dealkylation sites (N-methyl/N-ethyl adjacent to an activating group) is 1. The maximum absolute atomic E-state index is 14.7. The van der Waals surface area contributed by atoms with E-state index in [1.54, 1.807) is 24.1 Å². The summed E-state index contributed by atoms with van der Waals surface area (Å²) in [5.41, 5.74) is 2.23. The molecular weight excluding hydrogens is 596 g/mol. The summed E-state index contributed by atoms with van der Waals surface area (Å²) in [4.78, 5) is 43.3. The molecule has 2 aromatic carbocycles. The average molecular weight is 626 g/mol. The number of nitrogens with zero attached hydrogens (tertiary/aromatic N) is 7. The molecule has 1 fully saturated rings. The number of hydrogen-bond donors (Lipinski definition) is 3. The van der Waals surface area contributed by atoms with E-state index in [1.165, 1.54) is 23.3 Å². The van der Waals surface area contributed by atoms with Crippen LogP contribution in [-0.2, 0) is 4.79 Å². The minimum absolute atomic E-state index is 0.0347. The van der Waals surface area contributed by atoms with E-state index >= 15 is 0 Å². The van der Waals surface area contributed by atoms with Crippen molar-refractivity contribution in [3.8, 4) is 16.9 Å². The SMILES string of the molecule is CN1CCCNc2c(C(=O)O)cccc2-c2cccc(n2)N[C@H]2C[C@@H](C1=O)N(c1ncnc3c1cnn3-c1ccc(F)cc1F)C2. The Balaban J connectivity index is 1.27. The van der Waals surface area contributed by atoms with Crippen molar-refractivity contribution in [3.05, 3.63) is 84.3 Å². The van der Waals surface area contributed by atoms with Crippen molar-refractivity contribution in [1.29, 1.82) is 0 Å². The molecule has 5 heterocycles. The highest BCUT2D eigenvalue weighted by molar-refractivity contribution is 5.99. The Morgan fingerprint density at radius 1 is 1.09 bits per heavy atom. The molecule has 2 aliphatic rings. The maximum Gasteiger partial charge on any atom is 0.337 e. The number of fused-ring (bicyclic) bond motifs is 7. The van der Waals surface area contributed by atoms with Crippen molar-refractivity contribution >= 4 is 40.2 Å². The molecular formula is C32H29F2N9O3. The molecule has 2 aliphatic heterocycles. The molecule has 0 aliphatic carbocycles. The second kappa shape index (κ2) is 11.7. The third-order valence-electron chi connectivity index (χ3n) is 8.36. The lowest BCUT2D eigenvalue weighted by atomic mass is 10.0. The lowest BCUT2D eigenvalue weighted by Gasteiger charge is -2.29. The summed E-state index contributed by atoms with van der Waals surface area (Å²) in [6.07, 6.45) is 3.87. The largest absolute Gasteiger partial charge is 0.478 e. The topological polar surface area (TPSA) is 141 Å². The Labute approximate surface area is 261 Å². The first-order valence-corrected chi connectivity index (χ1v) is 14.8. The van der Waals surface area contributed by atoms with Crippen molar-refractivity contribution in [2.24, 2.45) is 0 Å². The number of benzene rings is 2. The number of pyridine rings is 1. The van der Waals surface area contributed by atoms with Gasteiger partial charge in [-0.25, -0.2) is 33.2 Å².